The lowest BCUT2D eigenvalue weighted by molar-refractivity contribution is -0.384. The monoisotopic (exact) mass is 391 g/mol. The molecule has 0 radical (unpaired) electrons. The minimum Gasteiger partial charge on any atom is -0.493 e. The molecule has 1 N–H and O–H groups in total. The van der Waals surface area contributed by atoms with Crippen LogP contribution < -0.4 is 14.8 Å². The Morgan fingerprint density at radius 2 is 1.92 bits per heavy atom. The quantitative estimate of drug-likeness (QED) is 0.502. The third-order valence-electron chi connectivity index (χ3n) is 3.42. The summed E-state index contributed by atoms with van der Waals surface area (Å²) in [5.41, 5.74) is 0.996. The van der Waals surface area contributed by atoms with Gasteiger partial charge in [0.05, 0.1) is 35.1 Å². The molecular weight excluding hydrogens is 378 g/mol. The summed E-state index contributed by atoms with van der Waals surface area (Å²) in [5, 5.41) is 17.1. The second-order valence-electron chi connectivity index (χ2n) is 4.99. The fourth-order valence-corrected chi connectivity index (χ4v) is 3.74. The van der Waals surface area contributed by atoms with Crippen molar-refractivity contribution in [3.05, 3.63) is 50.7 Å². The summed E-state index contributed by atoms with van der Waals surface area (Å²) in [5.74, 6) is 0.634. The van der Waals surface area contributed by atoms with Crippen LogP contribution in [0.15, 0.2) is 35.0 Å². The predicted molar refractivity (Wildman–Crippen MR) is 99.6 cm³/mol. The molecule has 3 rings (SSSR count). The Kier molecular flexibility index (Phi) is 5.14. The zero-order chi connectivity index (χ0) is 18.7. The lowest BCUT2D eigenvalue weighted by Gasteiger charge is -2.09. The lowest BCUT2D eigenvalue weighted by atomic mass is 10.2. The van der Waals surface area contributed by atoms with E-state index in [2.05, 4.69) is 10.3 Å². The van der Waals surface area contributed by atoms with Gasteiger partial charge in [-0.25, -0.2) is 4.98 Å². The number of anilines is 1. The van der Waals surface area contributed by atoms with Gasteiger partial charge in [-0.2, -0.15) is 0 Å². The number of carbonyl (C=O) groups excluding carboxylic acids is 1. The van der Waals surface area contributed by atoms with Crippen LogP contribution in [0, 0.1) is 10.1 Å². The molecule has 134 valence electrons. The normalized spacial score (nSPS) is 10.4. The van der Waals surface area contributed by atoms with Gasteiger partial charge in [0, 0.05) is 17.0 Å². The average Bonchev–Trinajstić information content (AvgIpc) is 3.30. The summed E-state index contributed by atoms with van der Waals surface area (Å²) in [7, 11) is 3.01. The lowest BCUT2D eigenvalue weighted by Crippen LogP contribution is -2.11. The number of amides is 1. The number of carbonyl (C=O) groups is 1. The van der Waals surface area contributed by atoms with E-state index in [1.165, 1.54) is 48.3 Å². The SMILES string of the molecule is COc1ccc(C(=O)Nc2nc(-c3cc([N+](=O)[O-])cs3)cs2)cc1OC. The van der Waals surface area contributed by atoms with Crippen molar-refractivity contribution < 1.29 is 19.2 Å². The molecule has 0 fully saturated rings. The van der Waals surface area contributed by atoms with Crippen molar-refractivity contribution in [2.24, 2.45) is 0 Å². The Hall–Kier alpha value is -2.98. The highest BCUT2D eigenvalue weighted by Gasteiger charge is 2.15. The topological polar surface area (TPSA) is 104 Å². The predicted octanol–water partition coefficient (Wildman–Crippen LogP) is 4.05. The Morgan fingerprint density at radius 1 is 1.15 bits per heavy atom. The van der Waals surface area contributed by atoms with Crippen molar-refractivity contribution in [2.75, 3.05) is 19.5 Å². The Labute approximate surface area is 156 Å². The number of rotatable bonds is 6. The molecule has 10 heteroatoms. The molecule has 0 unspecified atom stereocenters. The number of thiazole rings is 1. The first-order valence-electron chi connectivity index (χ1n) is 7.24. The summed E-state index contributed by atoms with van der Waals surface area (Å²) in [6.45, 7) is 0. The number of methoxy groups -OCH3 is 2. The molecule has 1 amide bonds. The number of aromatic nitrogens is 1. The first-order valence-corrected chi connectivity index (χ1v) is 9.00. The maximum absolute atomic E-state index is 12.4. The molecule has 0 spiro atoms. The fraction of sp³-hybridized carbons (Fsp3) is 0.125. The van der Waals surface area contributed by atoms with Gasteiger partial charge in [-0.15, -0.1) is 22.7 Å². The van der Waals surface area contributed by atoms with Crippen LogP contribution in [0.5, 0.6) is 11.5 Å². The molecule has 0 aliphatic carbocycles. The van der Waals surface area contributed by atoms with E-state index in [1.807, 2.05) is 0 Å². The summed E-state index contributed by atoms with van der Waals surface area (Å²) < 4.78 is 10.3. The van der Waals surface area contributed by atoms with Crippen LogP contribution in [0.1, 0.15) is 10.4 Å². The van der Waals surface area contributed by atoms with Gasteiger partial charge >= 0.3 is 0 Å². The Morgan fingerprint density at radius 3 is 2.58 bits per heavy atom. The minimum atomic E-state index is -0.452. The van der Waals surface area contributed by atoms with Crippen LogP contribution in [-0.2, 0) is 0 Å². The van der Waals surface area contributed by atoms with Gasteiger partial charge in [0.15, 0.2) is 16.6 Å². The highest BCUT2D eigenvalue weighted by molar-refractivity contribution is 7.16. The number of nitrogens with one attached hydrogen (secondary N) is 1. The molecule has 0 aliphatic rings. The average molecular weight is 391 g/mol. The van der Waals surface area contributed by atoms with E-state index < -0.39 is 4.92 Å². The molecule has 26 heavy (non-hydrogen) atoms. The summed E-state index contributed by atoms with van der Waals surface area (Å²) in [6.07, 6.45) is 0. The molecule has 0 saturated heterocycles. The summed E-state index contributed by atoms with van der Waals surface area (Å²) in [6, 6.07) is 6.30. The Bertz CT molecular complexity index is 966. The first-order chi connectivity index (χ1) is 12.5. The Balaban J connectivity index is 1.76. The smallest absolute Gasteiger partial charge is 0.280 e. The number of nitro groups is 1. The third kappa shape index (κ3) is 3.65. The minimum absolute atomic E-state index is 0.0221. The van der Waals surface area contributed by atoms with Crippen LogP contribution in [0.2, 0.25) is 0 Å². The highest BCUT2D eigenvalue weighted by Crippen LogP contribution is 2.33. The van der Waals surface area contributed by atoms with E-state index in [0.29, 0.717) is 32.8 Å². The number of hydrogen-bond acceptors (Lipinski definition) is 8. The van der Waals surface area contributed by atoms with Crippen molar-refractivity contribution >= 4 is 39.4 Å². The molecule has 0 bridgehead atoms. The second kappa shape index (κ2) is 7.50. The molecule has 8 nitrogen and oxygen atoms in total. The summed E-state index contributed by atoms with van der Waals surface area (Å²) >= 11 is 2.47. The first kappa shape index (κ1) is 17.8. The zero-order valence-electron chi connectivity index (χ0n) is 13.7. The number of ether oxygens (including phenoxy) is 2. The van der Waals surface area contributed by atoms with E-state index in [-0.39, 0.29) is 11.6 Å². The van der Waals surface area contributed by atoms with Crippen LogP contribution >= 0.6 is 22.7 Å². The van der Waals surface area contributed by atoms with E-state index in [4.69, 9.17) is 9.47 Å². The van der Waals surface area contributed by atoms with E-state index in [9.17, 15) is 14.9 Å². The van der Waals surface area contributed by atoms with Gasteiger partial charge in [-0.1, -0.05) is 0 Å². The van der Waals surface area contributed by atoms with Crippen LogP contribution in [-0.4, -0.2) is 30.0 Å². The van der Waals surface area contributed by atoms with Crippen molar-refractivity contribution in [2.45, 2.75) is 0 Å². The zero-order valence-corrected chi connectivity index (χ0v) is 15.3. The number of hydrogen-bond donors (Lipinski definition) is 1. The van der Waals surface area contributed by atoms with Gasteiger partial charge < -0.3 is 9.47 Å². The van der Waals surface area contributed by atoms with E-state index in [1.54, 1.807) is 23.6 Å². The standard InChI is InChI=1S/C16H13N3O5S2/c1-23-12-4-3-9(5-13(12)24-2)15(20)18-16-17-11(8-26-16)14-6-10(7-25-14)19(21)22/h3-8H,1-2H3,(H,17,18,20). The van der Waals surface area contributed by atoms with Gasteiger partial charge in [0.1, 0.15) is 0 Å². The molecule has 1 aromatic carbocycles. The van der Waals surface area contributed by atoms with Crippen molar-refractivity contribution in [1.82, 2.24) is 4.98 Å². The molecule has 3 aromatic rings. The molecule has 2 heterocycles. The van der Waals surface area contributed by atoms with Crippen LogP contribution in [0.25, 0.3) is 10.6 Å². The summed E-state index contributed by atoms with van der Waals surface area (Å²) in [4.78, 5) is 27.7. The van der Waals surface area contributed by atoms with Gasteiger partial charge in [-0.05, 0) is 18.2 Å². The maximum atomic E-state index is 12.4. The number of nitrogens with zero attached hydrogens (tertiary/aromatic N) is 2. The molecule has 0 saturated carbocycles. The maximum Gasteiger partial charge on any atom is 0.280 e. The van der Waals surface area contributed by atoms with Gasteiger partial charge in [0.2, 0.25) is 0 Å². The van der Waals surface area contributed by atoms with E-state index >= 15 is 0 Å². The highest BCUT2D eigenvalue weighted by atomic mass is 32.1. The molecule has 0 atom stereocenters. The molecule has 2 aromatic heterocycles. The molecular formula is C16H13N3O5S2. The van der Waals surface area contributed by atoms with Gasteiger partial charge in [-0.3, -0.25) is 20.2 Å². The second-order valence-corrected chi connectivity index (χ2v) is 6.76. The fourth-order valence-electron chi connectivity index (χ4n) is 2.15. The van der Waals surface area contributed by atoms with Crippen molar-refractivity contribution in [3.63, 3.8) is 0 Å². The van der Waals surface area contributed by atoms with Crippen LogP contribution in [0.4, 0.5) is 10.8 Å². The number of thiophene rings is 1. The largest absolute Gasteiger partial charge is 0.493 e. The van der Waals surface area contributed by atoms with Gasteiger partial charge in [0.25, 0.3) is 11.6 Å². The third-order valence-corrected chi connectivity index (χ3v) is 5.12. The van der Waals surface area contributed by atoms with E-state index in [0.717, 1.165) is 0 Å². The van der Waals surface area contributed by atoms with Crippen molar-refractivity contribution in [3.8, 4) is 22.1 Å². The van der Waals surface area contributed by atoms with Crippen molar-refractivity contribution in [1.29, 1.82) is 0 Å². The molecule has 0 aliphatic heterocycles. The number of benzene rings is 1. The van der Waals surface area contributed by atoms with Crippen LogP contribution in [0.3, 0.4) is 0 Å².